The van der Waals surface area contributed by atoms with Gasteiger partial charge in [0, 0.05) is 17.5 Å². The van der Waals surface area contributed by atoms with E-state index < -0.39 is 0 Å². The minimum atomic E-state index is -0.355. The number of ether oxygens (including phenoxy) is 1. The fraction of sp³-hybridized carbons (Fsp3) is 0.0323. The summed E-state index contributed by atoms with van der Waals surface area (Å²) in [5.74, 6) is -0.355. The topological polar surface area (TPSA) is 43.6 Å². The maximum atomic E-state index is 12.0. The lowest BCUT2D eigenvalue weighted by molar-refractivity contribution is 0.0600. The molecule has 0 saturated carbocycles. The number of benzene rings is 4. The number of hydrogen-bond acceptors (Lipinski definition) is 3. The number of aromatic nitrogens is 1. The fourth-order valence-corrected chi connectivity index (χ4v) is 4.13. The van der Waals surface area contributed by atoms with Gasteiger partial charge in [-0.25, -0.2) is 4.79 Å². The molecule has 35 heavy (non-hydrogen) atoms. The summed E-state index contributed by atoms with van der Waals surface area (Å²) in [4.78, 5) is 16.8. The van der Waals surface area contributed by atoms with Gasteiger partial charge in [0.2, 0.25) is 0 Å². The van der Waals surface area contributed by atoms with E-state index in [1.807, 2.05) is 85.1 Å². The van der Waals surface area contributed by atoms with Crippen molar-refractivity contribution < 1.29 is 9.53 Å². The molecular formula is C31H24N2O2. The van der Waals surface area contributed by atoms with Crippen molar-refractivity contribution in [2.75, 3.05) is 7.11 Å². The lowest BCUT2D eigenvalue weighted by Crippen LogP contribution is -2.03. The molecule has 4 nitrogen and oxygen atoms in total. The zero-order chi connectivity index (χ0) is 24.0. The molecule has 1 heterocycles. The van der Waals surface area contributed by atoms with Crippen LogP contribution in [0.5, 0.6) is 0 Å². The molecule has 0 bridgehead atoms. The first-order valence-electron chi connectivity index (χ1n) is 11.4. The number of methoxy groups -OCH3 is 1. The molecule has 0 N–H and O–H groups in total. The summed E-state index contributed by atoms with van der Waals surface area (Å²) >= 11 is 0. The second kappa shape index (κ2) is 10.1. The zero-order valence-corrected chi connectivity index (χ0v) is 19.3. The molecule has 5 aromatic rings. The maximum Gasteiger partial charge on any atom is 0.337 e. The molecule has 0 spiro atoms. The van der Waals surface area contributed by atoms with Gasteiger partial charge in [0.1, 0.15) is 0 Å². The number of nitrogens with zero attached hydrogens (tertiary/aromatic N) is 2. The molecule has 0 unspecified atom stereocenters. The van der Waals surface area contributed by atoms with Crippen molar-refractivity contribution in [3.8, 4) is 28.2 Å². The number of carbonyl (C=O) groups excluding carboxylic acids is 1. The van der Waals surface area contributed by atoms with E-state index in [2.05, 4.69) is 34.9 Å². The molecule has 4 heteroatoms. The van der Waals surface area contributed by atoms with Gasteiger partial charge in [0.05, 0.1) is 29.7 Å². The summed E-state index contributed by atoms with van der Waals surface area (Å²) in [7, 11) is 1.39. The van der Waals surface area contributed by atoms with Gasteiger partial charge in [-0.05, 0) is 53.6 Å². The van der Waals surface area contributed by atoms with Crippen molar-refractivity contribution in [1.82, 2.24) is 4.57 Å². The first-order chi connectivity index (χ1) is 17.2. The first-order valence-corrected chi connectivity index (χ1v) is 11.4. The number of esters is 1. The van der Waals surface area contributed by atoms with Crippen LogP contribution in [0, 0.1) is 0 Å². The number of para-hydroxylation sites is 1. The molecule has 4 aromatic carbocycles. The van der Waals surface area contributed by atoms with Gasteiger partial charge in [-0.15, -0.1) is 0 Å². The summed E-state index contributed by atoms with van der Waals surface area (Å²) in [6.07, 6.45) is 1.92. The van der Waals surface area contributed by atoms with Crippen molar-refractivity contribution >= 4 is 17.9 Å². The van der Waals surface area contributed by atoms with Crippen molar-refractivity contribution in [3.63, 3.8) is 0 Å². The summed E-state index contributed by atoms with van der Waals surface area (Å²) in [6.45, 7) is 0. The van der Waals surface area contributed by atoms with E-state index in [1.165, 1.54) is 7.11 Å². The lowest BCUT2D eigenvalue weighted by atomic mass is 10.1. The average molecular weight is 457 g/mol. The van der Waals surface area contributed by atoms with Gasteiger partial charge in [-0.2, -0.15) is 0 Å². The Morgan fingerprint density at radius 2 is 1.31 bits per heavy atom. The van der Waals surface area contributed by atoms with Crippen LogP contribution < -0.4 is 0 Å². The third-order valence-electron chi connectivity index (χ3n) is 5.80. The minimum Gasteiger partial charge on any atom is -0.465 e. The van der Waals surface area contributed by atoms with Gasteiger partial charge in [-0.1, -0.05) is 78.9 Å². The summed E-state index contributed by atoms with van der Waals surface area (Å²) < 4.78 is 7.10. The van der Waals surface area contributed by atoms with Gasteiger partial charge in [0.15, 0.2) is 0 Å². The molecule has 0 aliphatic heterocycles. The molecule has 0 atom stereocenters. The van der Waals surface area contributed by atoms with Crippen LogP contribution >= 0.6 is 0 Å². The van der Waals surface area contributed by atoms with Gasteiger partial charge >= 0.3 is 5.97 Å². The SMILES string of the molecule is COC(=O)c1ccc(-n2c(-c3ccccc3)cc(C=Nc3ccccc3)c2-c2ccccc2)cc1. The third-order valence-corrected chi connectivity index (χ3v) is 5.80. The fourth-order valence-electron chi connectivity index (χ4n) is 4.13. The average Bonchev–Trinajstić information content (AvgIpc) is 3.32. The van der Waals surface area contributed by atoms with Crippen LogP contribution in [0.15, 0.2) is 126 Å². The second-order valence-electron chi connectivity index (χ2n) is 8.03. The Hall–Kier alpha value is -4.70. The highest BCUT2D eigenvalue weighted by Gasteiger charge is 2.19. The predicted octanol–water partition coefficient (Wildman–Crippen LogP) is 7.35. The highest BCUT2D eigenvalue weighted by molar-refractivity contribution is 5.95. The number of rotatable bonds is 6. The molecule has 170 valence electrons. The second-order valence-corrected chi connectivity index (χ2v) is 8.03. The number of aliphatic imine (C=N–C) groups is 1. The van der Waals surface area contributed by atoms with Crippen LogP contribution in [0.3, 0.4) is 0 Å². The molecule has 1 aromatic heterocycles. The van der Waals surface area contributed by atoms with Gasteiger partial charge in [0.25, 0.3) is 0 Å². The predicted molar refractivity (Wildman–Crippen MR) is 142 cm³/mol. The highest BCUT2D eigenvalue weighted by Crippen LogP contribution is 2.35. The third kappa shape index (κ3) is 4.68. The Morgan fingerprint density at radius 3 is 1.91 bits per heavy atom. The summed E-state index contributed by atoms with van der Waals surface area (Å²) in [5, 5.41) is 0. The van der Waals surface area contributed by atoms with E-state index in [4.69, 9.17) is 9.73 Å². The van der Waals surface area contributed by atoms with E-state index in [1.54, 1.807) is 12.1 Å². The Kier molecular flexibility index (Phi) is 6.35. The van der Waals surface area contributed by atoms with Crippen LogP contribution in [-0.4, -0.2) is 23.9 Å². The Bertz CT molecular complexity index is 1450. The van der Waals surface area contributed by atoms with Crippen molar-refractivity contribution in [3.05, 3.63) is 132 Å². The van der Waals surface area contributed by atoms with Crippen molar-refractivity contribution in [2.45, 2.75) is 0 Å². The smallest absolute Gasteiger partial charge is 0.337 e. The monoisotopic (exact) mass is 456 g/mol. The maximum absolute atomic E-state index is 12.0. The zero-order valence-electron chi connectivity index (χ0n) is 19.3. The van der Waals surface area contributed by atoms with E-state index in [0.717, 1.165) is 39.5 Å². The molecule has 0 saturated heterocycles. The molecule has 0 aliphatic rings. The Balaban J connectivity index is 1.75. The standard InChI is InChI=1S/C31H24N2O2/c1-35-31(34)25-17-19-28(20-18-25)33-29(23-11-5-2-6-12-23)21-26(22-32-27-15-9-4-10-16-27)30(33)24-13-7-3-8-14-24/h2-22H,1H3. The minimum absolute atomic E-state index is 0.355. The normalized spacial score (nSPS) is 11.0. The van der Waals surface area contributed by atoms with Crippen LogP contribution in [-0.2, 0) is 4.74 Å². The quantitative estimate of drug-likeness (QED) is 0.198. The van der Waals surface area contributed by atoms with E-state index in [-0.39, 0.29) is 5.97 Å². The molecule has 5 rings (SSSR count). The molecule has 0 amide bonds. The lowest BCUT2D eigenvalue weighted by Gasteiger charge is -2.15. The van der Waals surface area contributed by atoms with E-state index in [0.29, 0.717) is 5.56 Å². The number of hydrogen-bond donors (Lipinski definition) is 0. The van der Waals surface area contributed by atoms with Gasteiger partial charge in [-0.3, -0.25) is 4.99 Å². The summed E-state index contributed by atoms with van der Waals surface area (Å²) in [5.41, 5.74) is 7.55. The largest absolute Gasteiger partial charge is 0.465 e. The summed E-state index contributed by atoms with van der Waals surface area (Å²) in [6, 6.07) is 40.1. The van der Waals surface area contributed by atoms with Crippen molar-refractivity contribution in [2.24, 2.45) is 4.99 Å². The Labute approximate surface area is 204 Å². The van der Waals surface area contributed by atoms with Crippen molar-refractivity contribution in [1.29, 1.82) is 0 Å². The molecule has 0 radical (unpaired) electrons. The molecular weight excluding hydrogens is 432 g/mol. The first kappa shape index (κ1) is 22.1. The van der Waals surface area contributed by atoms with Gasteiger partial charge < -0.3 is 9.30 Å². The van der Waals surface area contributed by atoms with Crippen LogP contribution in [0.2, 0.25) is 0 Å². The van der Waals surface area contributed by atoms with E-state index in [9.17, 15) is 4.79 Å². The Morgan fingerprint density at radius 1 is 0.743 bits per heavy atom. The van der Waals surface area contributed by atoms with Crippen LogP contribution in [0.25, 0.3) is 28.2 Å². The van der Waals surface area contributed by atoms with E-state index >= 15 is 0 Å². The highest BCUT2D eigenvalue weighted by atomic mass is 16.5. The molecule has 0 aliphatic carbocycles. The molecule has 0 fully saturated rings. The van der Waals surface area contributed by atoms with Crippen LogP contribution in [0.1, 0.15) is 15.9 Å². The van der Waals surface area contributed by atoms with Crippen LogP contribution in [0.4, 0.5) is 5.69 Å². The number of carbonyl (C=O) groups is 1.